The number of benzene rings is 1. The van der Waals surface area contributed by atoms with Crippen LogP contribution in [0.15, 0.2) is 18.2 Å². The van der Waals surface area contributed by atoms with E-state index in [-0.39, 0.29) is 30.2 Å². The first-order valence-electron chi connectivity index (χ1n) is 8.18. The summed E-state index contributed by atoms with van der Waals surface area (Å²) in [4.78, 5) is 37.5. The molecule has 0 aliphatic carbocycles. The molecule has 0 radical (unpaired) electrons. The van der Waals surface area contributed by atoms with E-state index in [9.17, 15) is 14.4 Å². The summed E-state index contributed by atoms with van der Waals surface area (Å²) in [6, 6.07) is 5.29. The van der Waals surface area contributed by atoms with Crippen molar-refractivity contribution in [3.05, 3.63) is 34.9 Å². The van der Waals surface area contributed by atoms with Crippen molar-refractivity contribution < 1.29 is 14.4 Å². The number of fused-ring (bicyclic) bond motifs is 1. The number of carbonyl (C=O) groups excluding carboxylic acids is 3. The minimum atomic E-state index is -0.567. The summed E-state index contributed by atoms with van der Waals surface area (Å²) in [6.45, 7) is 3.68. The van der Waals surface area contributed by atoms with E-state index in [1.54, 1.807) is 4.90 Å². The van der Waals surface area contributed by atoms with Gasteiger partial charge in [-0.25, -0.2) is 0 Å². The summed E-state index contributed by atoms with van der Waals surface area (Å²) in [6.07, 6.45) is 0.649. The van der Waals surface area contributed by atoms with Crippen molar-refractivity contribution in [3.63, 3.8) is 0 Å². The molecule has 2 aliphatic heterocycles. The SMILES string of the molecule is CC(N)CNCc1ccc2c(c1)C(=O)N(C1CCC(=O)NC1=O)C2. The molecule has 24 heavy (non-hydrogen) atoms. The molecule has 2 aliphatic rings. The molecular weight excluding hydrogens is 308 g/mol. The van der Waals surface area contributed by atoms with Gasteiger partial charge in [0.25, 0.3) is 5.91 Å². The molecule has 7 heteroatoms. The molecule has 4 N–H and O–H groups in total. The minimum Gasteiger partial charge on any atom is -0.327 e. The molecule has 1 fully saturated rings. The maximum atomic E-state index is 12.7. The fourth-order valence-electron chi connectivity index (χ4n) is 3.16. The van der Waals surface area contributed by atoms with Crippen molar-refractivity contribution >= 4 is 17.7 Å². The van der Waals surface area contributed by atoms with Crippen LogP contribution in [0.3, 0.4) is 0 Å². The lowest BCUT2D eigenvalue weighted by atomic mass is 10.0. The van der Waals surface area contributed by atoms with E-state index in [1.807, 2.05) is 25.1 Å². The van der Waals surface area contributed by atoms with E-state index in [2.05, 4.69) is 10.6 Å². The Balaban J connectivity index is 1.71. The third-order valence-corrected chi connectivity index (χ3v) is 4.39. The van der Waals surface area contributed by atoms with E-state index >= 15 is 0 Å². The van der Waals surface area contributed by atoms with Crippen molar-refractivity contribution in [2.24, 2.45) is 5.73 Å². The van der Waals surface area contributed by atoms with Crippen molar-refractivity contribution in [1.29, 1.82) is 0 Å². The highest BCUT2D eigenvalue weighted by molar-refractivity contribution is 6.05. The average Bonchev–Trinajstić information content (AvgIpc) is 2.84. The normalized spacial score (nSPS) is 21.7. The van der Waals surface area contributed by atoms with Gasteiger partial charge in [0, 0.05) is 37.7 Å². The van der Waals surface area contributed by atoms with Gasteiger partial charge in [0.05, 0.1) is 0 Å². The Morgan fingerprint density at radius 2 is 2.17 bits per heavy atom. The summed E-state index contributed by atoms with van der Waals surface area (Å²) < 4.78 is 0. The maximum absolute atomic E-state index is 12.7. The molecule has 0 bridgehead atoms. The zero-order chi connectivity index (χ0) is 17.3. The number of hydrogen-bond donors (Lipinski definition) is 3. The van der Waals surface area contributed by atoms with Gasteiger partial charge in [0.1, 0.15) is 6.04 Å². The molecule has 3 rings (SSSR count). The maximum Gasteiger partial charge on any atom is 0.255 e. The Morgan fingerprint density at radius 3 is 2.88 bits per heavy atom. The number of amides is 3. The van der Waals surface area contributed by atoms with Gasteiger partial charge in [0.2, 0.25) is 11.8 Å². The Morgan fingerprint density at radius 1 is 1.38 bits per heavy atom. The summed E-state index contributed by atoms with van der Waals surface area (Å²) in [5.74, 6) is -0.803. The van der Waals surface area contributed by atoms with Crippen LogP contribution >= 0.6 is 0 Å². The van der Waals surface area contributed by atoms with Gasteiger partial charge in [-0.3, -0.25) is 19.7 Å². The van der Waals surface area contributed by atoms with Crippen LogP contribution in [0, 0.1) is 0 Å². The smallest absolute Gasteiger partial charge is 0.255 e. The summed E-state index contributed by atoms with van der Waals surface area (Å²) in [7, 11) is 0. The van der Waals surface area contributed by atoms with Crippen molar-refractivity contribution in [1.82, 2.24) is 15.5 Å². The van der Waals surface area contributed by atoms with Crippen LogP contribution in [0.4, 0.5) is 0 Å². The molecule has 2 unspecified atom stereocenters. The Bertz CT molecular complexity index is 686. The van der Waals surface area contributed by atoms with Crippen LogP contribution in [-0.2, 0) is 22.7 Å². The van der Waals surface area contributed by atoms with Crippen LogP contribution in [0.25, 0.3) is 0 Å². The van der Waals surface area contributed by atoms with Gasteiger partial charge in [-0.1, -0.05) is 12.1 Å². The van der Waals surface area contributed by atoms with Crippen LogP contribution in [0.1, 0.15) is 41.3 Å². The molecule has 3 amide bonds. The van der Waals surface area contributed by atoms with Crippen LogP contribution in [-0.4, -0.2) is 41.2 Å². The zero-order valence-electron chi connectivity index (χ0n) is 13.7. The fraction of sp³-hybridized carbons (Fsp3) is 0.471. The van der Waals surface area contributed by atoms with Gasteiger partial charge >= 0.3 is 0 Å². The Kier molecular flexibility index (Phi) is 4.64. The monoisotopic (exact) mass is 330 g/mol. The lowest BCUT2D eigenvalue weighted by molar-refractivity contribution is -0.136. The van der Waals surface area contributed by atoms with E-state index in [0.29, 0.717) is 31.6 Å². The standard InChI is InChI=1S/C17H22N4O3/c1-10(18)7-19-8-11-2-3-12-9-21(17(24)13(12)6-11)14-4-5-15(22)20-16(14)23/h2-3,6,10,14,19H,4-5,7-9,18H2,1H3,(H,20,22,23). The number of carbonyl (C=O) groups is 3. The predicted octanol–water partition coefficient (Wildman–Crippen LogP) is -0.116. The topological polar surface area (TPSA) is 105 Å². The third kappa shape index (κ3) is 3.32. The molecule has 128 valence electrons. The number of rotatable bonds is 5. The second kappa shape index (κ2) is 6.70. The van der Waals surface area contributed by atoms with Crippen molar-refractivity contribution in [3.8, 4) is 0 Å². The second-order valence-corrected chi connectivity index (χ2v) is 6.50. The van der Waals surface area contributed by atoms with Crippen LogP contribution < -0.4 is 16.4 Å². The Hall–Kier alpha value is -2.25. The molecule has 0 saturated carbocycles. The third-order valence-electron chi connectivity index (χ3n) is 4.39. The number of nitrogens with zero attached hydrogens (tertiary/aromatic N) is 1. The average molecular weight is 330 g/mol. The molecule has 7 nitrogen and oxygen atoms in total. The Labute approximate surface area is 140 Å². The highest BCUT2D eigenvalue weighted by atomic mass is 16.2. The lowest BCUT2D eigenvalue weighted by Gasteiger charge is -2.29. The molecular formula is C17H22N4O3. The van der Waals surface area contributed by atoms with Gasteiger partial charge < -0.3 is 16.0 Å². The molecule has 1 aromatic rings. The summed E-state index contributed by atoms with van der Waals surface area (Å²) >= 11 is 0. The number of piperidine rings is 1. The molecule has 0 spiro atoms. The number of nitrogens with two attached hydrogens (primary N) is 1. The highest BCUT2D eigenvalue weighted by Crippen LogP contribution is 2.28. The molecule has 2 atom stereocenters. The summed E-state index contributed by atoms with van der Waals surface area (Å²) in [5.41, 5.74) is 8.27. The summed E-state index contributed by atoms with van der Waals surface area (Å²) in [5, 5.41) is 5.55. The molecule has 0 aromatic heterocycles. The molecule has 2 heterocycles. The first-order chi connectivity index (χ1) is 11.5. The first kappa shape index (κ1) is 16.6. The van der Waals surface area contributed by atoms with Crippen LogP contribution in [0.2, 0.25) is 0 Å². The lowest BCUT2D eigenvalue weighted by Crippen LogP contribution is -2.52. The molecule has 1 saturated heterocycles. The van der Waals surface area contributed by atoms with Gasteiger partial charge in [0.15, 0.2) is 0 Å². The van der Waals surface area contributed by atoms with Gasteiger partial charge in [-0.15, -0.1) is 0 Å². The zero-order valence-corrected chi connectivity index (χ0v) is 13.7. The first-order valence-corrected chi connectivity index (χ1v) is 8.18. The van der Waals surface area contributed by atoms with Crippen LogP contribution in [0.5, 0.6) is 0 Å². The fourth-order valence-corrected chi connectivity index (χ4v) is 3.16. The van der Waals surface area contributed by atoms with E-state index in [0.717, 1.165) is 11.1 Å². The quantitative estimate of drug-likeness (QED) is 0.653. The number of hydrogen-bond acceptors (Lipinski definition) is 5. The second-order valence-electron chi connectivity index (χ2n) is 6.50. The predicted molar refractivity (Wildman–Crippen MR) is 87.8 cm³/mol. The van der Waals surface area contributed by atoms with Crippen molar-refractivity contribution in [2.75, 3.05) is 6.54 Å². The van der Waals surface area contributed by atoms with Gasteiger partial charge in [-0.2, -0.15) is 0 Å². The van der Waals surface area contributed by atoms with Crippen molar-refractivity contribution in [2.45, 2.75) is 44.9 Å². The number of imide groups is 1. The van der Waals surface area contributed by atoms with E-state index in [1.165, 1.54) is 0 Å². The minimum absolute atomic E-state index is 0.0732. The van der Waals surface area contributed by atoms with Gasteiger partial charge in [-0.05, 0) is 30.5 Å². The van der Waals surface area contributed by atoms with E-state index < -0.39 is 6.04 Å². The number of nitrogens with one attached hydrogen (secondary N) is 2. The van der Waals surface area contributed by atoms with E-state index in [4.69, 9.17) is 5.73 Å². The molecule has 1 aromatic carbocycles. The highest BCUT2D eigenvalue weighted by Gasteiger charge is 2.38. The largest absolute Gasteiger partial charge is 0.327 e.